The van der Waals surface area contributed by atoms with Gasteiger partial charge in [-0.3, -0.25) is 14.4 Å². The molecule has 1 N–H and O–H groups in total. The van der Waals surface area contributed by atoms with E-state index in [1.54, 1.807) is 6.92 Å². The maximum absolute atomic E-state index is 13.4. The second kappa shape index (κ2) is 11.6. The minimum absolute atomic E-state index is 0.107. The Kier molecular flexibility index (Phi) is 8.09. The van der Waals surface area contributed by atoms with E-state index >= 15 is 0 Å². The number of benzene rings is 3. The number of carbonyl (C=O) groups is 3. The zero-order valence-electron chi connectivity index (χ0n) is 20.0. The topological polar surface area (TPSA) is 72.5 Å². The van der Waals surface area contributed by atoms with Gasteiger partial charge in [-0.15, -0.1) is 0 Å². The van der Waals surface area contributed by atoms with Crippen LogP contribution in [0.1, 0.15) is 35.6 Å². The largest absolute Gasteiger partial charge is 0.460 e. The van der Waals surface area contributed by atoms with Crippen LogP contribution in [0.4, 0.5) is 0 Å². The molecule has 180 valence electrons. The minimum atomic E-state index is -0.949. The summed E-state index contributed by atoms with van der Waals surface area (Å²) in [6.45, 7) is 1.76. The highest BCUT2D eigenvalue weighted by Crippen LogP contribution is 2.26. The lowest BCUT2D eigenvalue weighted by Gasteiger charge is -2.21. The summed E-state index contributed by atoms with van der Waals surface area (Å²) in [5, 5.41) is 2.87. The molecular formula is C30H31NO4. The van der Waals surface area contributed by atoms with Crippen molar-refractivity contribution in [3.8, 4) is 0 Å². The molecule has 5 heteroatoms. The third-order valence-corrected chi connectivity index (χ3v) is 6.62. The number of esters is 1. The van der Waals surface area contributed by atoms with E-state index in [9.17, 15) is 14.4 Å². The Morgan fingerprint density at radius 3 is 1.97 bits per heavy atom. The molecule has 5 nitrogen and oxygen atoms in total. The Bertz CT molecular complexity index is 1130. The first kappa shape index (κ1) is 24.4. The van der Waals surface area contributed by atoms with Gasteiger partial charge >= 0.3 is 5.97 Å². The average molecular weight is 470 g/mol. The summed E-state index contributed by atoms with van der Waals surface area (Å²) in [6.07, 6.45) is 2.22. The van der Waals surface area contributed by atoms with Gasteiger partial charge in [0.05, 0.1) is 6.04 Å². The number of rotatable bonds is 10. The quantitative estimate of drug-likeness (QED) is 0.351. The summed E-state index contributed by atoms with van der Waals surface area (Å²) in [7, 11) is 0. The molecule has 2 atom stereocenters. The van der Waals surface area contributed by atoms with Gasteiger partial charge < -0.3 is 10.1 Å². The smallest absolute Gasteiger partial charge is 0.316 e. The standard InChI is InChI=1S/C30H31NO4/c1-21(31-29(33)26-18-24-14-8-9-15-25(24)19-26)28(32)27(17-16-22-10-4-2-5-11-22)30(34)35-20-23-12-6-3-7-13-23/h2-15,21,26-27H,16-20H2,1H3,(H,31,33). The van der Waals surface area contributed by atoms with Gasteiger partial charge in [0.25, 0.3) is 0 Å². The van der Waals surface area contributed by atoms with Gasteiger partial charge in [-0.05, 0) is 54.9 Å². The van der Waals surface area contributed by atoms with Crippen molar-refractivity contribution in [2.45, 2.75) is 45.3 Å². The van der Waals surface area contributed by atoms with E-state index in [1.165, 1.54) is 11.1 Å². The number of ether oxygens (including phenoxy) is 1. The molecule has 3 aromatic rings. The first-order chi connectivity index (χ1) is 17.0. The Labute approximate surface area is 206 Å². The van der Waals surface area contributed by atoms with Crippen LogP contribution in [0.5, 0.6) is 0 Å². The average Bonchev–Trinajstić information content (AvgIpc) is 3.33. The number of ketones is 1. The van der Waals surface area contributed by atoms with E-state index < -0.39 is 17.9 Å². The number of hydrogen-bond donors (Lipinski definition) is 1. The van der Waals surface area contributed by atoms with Gasteiger partial charge in [0.15, 0.2) is 5.78 Å². The summed E-state index contributed by atoms with van der Waals surface area (Å²) in [5.41, 5.74) is 4.26. The normalized spacial score (nSPS) is 14.5. The zero-order chi connectivity index (χ0) is 24.6. The first-order valence-electron chi connectivity index (χ1n) is 12.2. The number of hydrogen-bond acceptors (Lipinski definition) is 4. The second-order valence-electron chi connectivity index (χ2n) is 9.18. The van der Waals surface area contributed by atoms with Crippen LogP contribution in [0, 0.1) is 11.8 Å². The summed E-state index contributed by atoms with van der Waals surface area (Å²) in [6, 6.07) is 26.4. The number of amides is 1. The molecule has 0 fully saturated rings. The summed E-state index contributed by atoms with van der Waals surface area (Å²) < 4.78 is 5.52. The fourth-order valence-corrected chi connectivity index (χ4v) is 4.61. The molecule has 1 amide bonds. The van der Waals surface area contributed by atoms with Crippen molar-refractivity contribution in [2.24, 2.45) is 11.8 Å². The molecule has 1 aliphatic rings. The maximum Gasteiger partial charge on any atom is 0.316 e. The zero-order valence-corrected chi connectivity index (χ0v) is 20.0. The third-order valence-electron chi connectivity index (χ3n) is 6.62. The van der Waals surface area contributed by atoms with Crippen LogP contribution in [-0.2, 0) is 45.0 Å². The molecule has 0 radical (unpaired) electrons. The fraction of sp³-hybridized carbons (Fsp3) is 0.300. The predicted octanol–water partition coefficient (Wildman–Crippen LogP) is 4.47. The van der Waals surface area contributed by atoms with Crippen LogP contribution in [0.25, 0.3) is 0 Å². The van der Waals surface area contributed by atoms with Crippen LogP contribution in [-0.4, -0.2) is 23.7 Å². The second-order valence-corrected chi connectivity index (χ2v) is 9.18. The predicted molar refractivity (Wildman–Crippen MR) is 134 cm³/mol. The van der Waals surface area contributed by atoms with E-state index in [1.807, 2.05) is 84.9 Å². The van der Waals surface area contributed by atoms with Crippen molar-refractivity contribution in [3.05, 3.63) is 107 Å². The highest BCUT2D eigenvalue weighted by molar-refractivity contribution is 6.03. The summed E-state index contributed by atoms with van der Waals surface area (Å²) in [4.78, 5) is 39.3. The highest BCUT2D eigenvalue weighted by atomic mass is 16.5. The SMILES string of the molecule is CC(NC(=O)C1Cc2ccccc2C1)C(=O)C(CCc1ccccc1)C(=O)OCc1ccccc1. The fourth-order valence-electron chi connectivity index (χ4n) is 4.61. The molecule has 2 unspecified atom stereocenters. The Balaban J connectivity index is 1.40. The van der Waals surface area contributed by atoms with Crippen LogP contribution in [0.15, 0.2) is 84.9 Å². The highest BCUT2D eigenvalue weighted by Gasteiger charge is 2.34. The van der Waals surface area contributed by atoms with Crippen molar-refractivity contribution in [3.63, 3.8) is 0 Å². The Morgan fingerprint density at radius 2 is 1.37 bits per heavy atom. The molecule has 0 aliphatic heterocycles. The van der Waals surface area contributed by atoms with Gasteiger partial charge in [0.2, 0.25) is 5.91 Å². The maximum atomic E-state index is 13.4. The Morgan fingerprint density at radius 1 is 0.829 bits per heavy atom. The number of Topliss-reactive ketones (excluding diaryl/α,β-unsaturated/α-hetero) is 1. The van der Waals surface area contributed by atoms with Gasteiger partial charge in [0, 0.05) is 5.92 Å². The lowest BCUT2D eigenvalue weighted by atomic mass is 9.91. The minimum Gasteiger partial charge on any atom is -0.460 e. The molecule has 0 spiro atoms. The number of fused-ring (bicyclic) bond motifs is 1. The molecule has 0 aromatic heterocycles. The van der Waals surface area contributed by atoms with E-state index in [0.717, 1.165) is 11.1 Å². The number of aryl methyl sites for hydroxylation is 1. The number of nitrogens with one attached hydrogen (secondary N) is 1. The summed E-state index contributed by atoms with van der Waals surface area (Å²) >= 11 is 0. The molecule has 3 aromatic carbocycles. The molecular weight excluding hydrogens is 438 g/mol. The van der Waals surface area contributed by atoms with Crippen molar-refractivity contribution in [1.29, 1.82) is 0 Å². The molecule has 0 saturated carbocycles. The van der Waals surface area contributed by atoms with Crippen molar-refractivity contribution < 1.29 is 19.1 Å². The monoisotopic (exact) mass is 469 g/mol. The van der Waals surface area contributed by atoms with E-state index in [2.05, 4.69) is 5.32 Å². The lowest BCUT2D eigenvalue weighted by molar-refractivity contribution is -0.154. The van der Waals surface area contributed by atoms with Crippen molar-refractivity contribution in [2.75, 3.05) is 0 Å². The van der Waals surface area contributed by atoms with Crippen LogP contribution in [0.2, 0.25) is 0 Å². The van der Waals surface area contributed by atoms with Crippen molar-refractivity contribution in [1.82, 2.24) is 5.32 Å². The van der Waals surface area contributed by atoms with Gasteiger partial charge in [0.1, 0.15) is 12.5 Å². The van der Waals surface area contributed by atoms with Gasteiger partial charge in [-0.1, -0.05) is 84.9 Å². The van der Waals surface area contributed by atoms with E-state index in [-0.39, 0.29) is 24.2 Å². The van der Waals surface area contributed by atoms with E-state index in [4.69, 9.17) is 4.74 Å². The molecule has 0 heterocycles. The van der Waals surface area contributed by atoms with Crippen molar-refractivity contribution >= 4 is 17.7 Å². The van der Waals surface area contributed by atoms with Gasteiger partial charge in [-0.25, -0.2) is 0 Å². The molecule has 0 bridgehead atoms. The van der Waals surface area contributed by atoms with Crippen LogP contribution >= 0.6 is 0 Å². The Hall–Kier alpha value is -3.73. The number of carbonyl (C=O) groups excluding carboxylic acids is 3. The first-order valence-corrected chi connectivity index (χ1v) is 12.2. The molecule has 0 saturated heterocycles. The lowest BCUT2D eigenvalue weighted by Crippen LogP contribution is -2.46. The third kappa shape index (κ3) is 6.44. The summed E-state index contributed by atoms with van der Waals surface area (Å²) in [5.74, 6) is -2.17. The van der Waals surface area contributed by atoms with Crippen LogP contribution in [0.3, 0.4) is 0 Å². The molecule has 4 rings (SSSR count). The van der Waals surface area contributed by atoms with Gasteiger partial charge in [-0.2, -0.15) is 0 Å². The molecule has 35 heavy (non-hydrogen) atoms. The van der Waals surface area contributed by atoms with E-state index in [0.29, 0.717) is 25.7 Å². The molecule has 1 aliphatic carbocycles. The van der Waals surface area contributed by atoms with Crippen LogP contribution < -0.4 is 5.32 Å².